The maximum absolute atomic E-state index is 14.1. The van der Waals surface area contributed by atoms with Crippen LogP contribution in [0.15, 0.2) is 30.4 Å². The molecule has 13 heteroatoms. The Hall–Kier alpha value is -4.16. The molecule has 1 saturated heterocycles. The quantitative estimate of drug-likeness (QED) is 0.277. The van der Waals surface area contributed by atoms with E-state index in [4.69, 9.17) is 15.2 Å². The van der Waals surface area contributed by atoms with E-state index in [-0.39, 0.29) is 38.9 Å². The fourth-order valence-electron chi connectivity index (χ4n) is 4.54. The van der Waals surface area contributed by atoms with Gasteiger partial charge in [0.15, 0.2) is 0 Å². The summed E-state index contributed by atoms with van der Waals surface area (Å²) < 4.78 is 29.5. The van der Waals surface area contributed by atoms with Crippen molar-refractivity contribution in [1.29, 1.82) is 0 Å². The predicted octanol–water partition coefficient (Wildman–Crippen LogP) is 2.14. The van der Waals surface area contributed by atoms with Crippen molar-refractivity contribution >= 4 is 30.0 Å². The molecule has 2 unspecified atom stereocenters. The van der Waals surface area contributed by atoms with Crippen LogP contribution in [0.25, 0.3) is 0 Å². The fraction of sp³-hybridized carbons (Fsp3) is 0.519. The molecule has 40 heavy (non-hydrogen) atoms. The molecule has 0 saturated carbocycles. The van der Waals surface area contributed by atoms with Crippen LogP contribution in [0, 0.1) is 5.82 Å². The average Bonchev–Trinajstić information content (AvgIpc) is 3.50. The molecule has 2 heterocycles. The first-order valence-corrected chi connectivity index (χ1v) is 12.8. The Kier molecular flexibility index (Phi) is 9.72. The number of fused-ring (bicyclic) bond motifs is 1. The van der Waals surface area contributed by atoms with Crippen LogP contribution >= 0.6 is 0 Å². The van der Waals surface area contributed by atoms with Crippen molar-refractivity contribution in [2.24, 2.45) is 5.73 Å². The van der Waals surface area contributed by atoms with E-state index in [1.807, 2.05) is 0 Å². The highest BCUT2D eigenvalue weighted by Gasteiger charge is 2.43. The highest BCUT2D eigenvalue weighted by Crippen LogP contribution is 2.28. The minimum atomic E-state index is -1.13. The number of methoxy groups -OCH3 is 1. The molecule has 0 aliphatic carbocycles. The number of halogens is 1. The Morgan fingerprint density at radius 3 is 2.55 bits per heavy atom. The predicted molar refractivity (Wildman–Crippen MR) is 139 cm³/mol. The number of esters is 1. The van der Waals surface area contributed by atoms with E-state index < -0.39 is 59.6 Å². The summed E-state index contributed by atoms with van der Waals surface area (Å²) in [5, 5.41) is 2.52. The molecule has 2 aliphatic rings. The van der Waals surface area contributed by atoms with Gasteiger partial charge in [-0.2, -0.15) is 0 Å². The number of hydrogen-bond donors (Lipinski definition) is 2. The number of ether oxygens (including phenoxy) is 3. The second-order valence-electron chi connectivity index (χ2n) is 10.6. The van der Waals surface area contributed by atoms with Crippen LogP contribution in [0.5, 0.6) is 0 Å². The van der Waals surface area contributed by atoms with Crippen LogP contribution in [0.4, 0.5) is 14.0 Å². The number of benzene rings is 1. The number of nitrogens with zero attached hydrogens (tertiary/aromatic N) is 2. The van der Waals surface area contributed by atoms with Gasteiger partial charge in [0.2, 0.25) is 11.8 Å². The highest BCUT2D eigenvalue weighted by atomic mass is 19.1. The van der Waals surface area contributed by atoms with Gasteiger partial charge in [-0.1, -0.05) is 18.2 Å². The summed E-state index contributed by atoms with van der Waals surface area (Å²) in [4.78, 5) is 65.0. The Balaban J connectivity index is 1.70. The van der Waals surface area contributed by atoms with Crippen LogP contribution in [0.1, 0.15) is 51.2 Å². The third-order valence-electron chi connectivity index (χ3n) is 6.39. The molecule has 0 radical (unpaired) electrons. The molecular formula is C27H35FN4O8. The Bertz CT molecular complexity index is 1180. The van der Waals surface area contributed by atoms with Crippen molar-refractivity contribution in [3.8, 4) is 0 Å². The lowest BCUT2D eigenvalue weighted by molar-refractivity contribution is -0.139. The zero-order valence-electron chi connectivity index (χ0n) is 23.0. The molecular weight excluding hydrogens is 527 g/mol. The SMILES string of the molecule is COC(=O)/C=C/CC[C@H](NC(=O)OC(C)(C)C)C(=O)N1CC(OC(=O)N2Cc3cccc(F)c3C2)CC1C(N)=O. The molecule has 218 valence electrons. The van der Waals surface area contributed by atoms with Crippen molar-refractivity contribution in [3.63, 3.8) is 0 Å². The second-order valence-corrected chi connectivity index (χ2v) is 10.6. The molecule has 1 aromatic carbocycles. The summed E-state index contributed by atoms with van der Waals surface area (Å²) >= 11 is 0. The summed E-state index contributed by atoms with van der Waals surface area (Å²) in [5.41, 5.74) is 5.83. The molecule has 3 rings (SSSR count). The fourth-order valence-corrected chi connectivity index (χ4v) is 4.54. The van der Waals surface area contributed by atoms with E-state index in [9.17, 15) is 28.4 Å². The number of nitrogens with one attached hydrogen (secondary N) is 1. The molecule has 1 aromatic rings. The topological polar surface area (TPSA) is 158 Å². The molecule has 4 amide bonds. The van der Waals surface area contributed by atoms with Crippen molar-refractivity contribution in [1.82, 2.24) is 15.1 Å². The van der Waals surface area contributed by atoms with Crippen LogP contribution in [0.3, 0.4) is 0 Å². The third kappa shape index (κ3) is 7.93. The highest BCUT2D eigenvalue weighted by molar-refractivity contribution is 5.91. The number of nitrogens with two attached hydrogens (primary N) is 1. The number of amides is 4. The first-order valence-electron chi connectivity index (χ1n) is 12.8. The minimum Gasteiger partial charge on any atom is -0.466 e. The molecule has 0 bridgehead atoms. The third-order valence-corrected chi connectivity index (χ3v) is 6.39. The maximum Gasteiger partial charge on any atom is 0.410 e. The van der Waals surface area contributed by atoms with Crippen molar-refractivity contribution in [3.05, 3.63) is 47.3 Å². The molecule has 0 aromatic heterocycles. The number of rotatable bonds is 8. The Labute approximate surface area is 231 Å². The lowest BCUT2D eigenvalue weighted by atomic mass is 10.1. The van der Waals surface area contributed by atoms with E-state index in [1.54, 1.807) is 32.9 Å². The number of allylic oxidation sites excluding steroid dienone is 1. The summed E-state index contributed by atoms with van der Waals surface area (Å²) in [5.74, 6) is -2.42. The van der Waals surface area contributed by atoms with Crippen LogP contribution in [0.2, 0.25) is 0 Å². The molecule has 2 aliphatic heterocycles. The second kappa shape index (κ2) is 12.8. The van der Waals surface area contributed by atoms with Gasteiger partial charge in [-0.05, 0) is 45.2 Å². The number of alkyl carbamates (subject to hydrolysis) is 1. The minimum absolute atomic E-state index is 0.0381. The van der Waals surface area contributed by atoms with Gasteiger partial charge in [-0.15, -0.1) is 0 Å². The Morgan fingerprint density at radius 2 is 1.93 bits per heavy atom. The van der Waals surface area contributed by atoms with Crippen LogP contribution in [-0.2, 0) is 41.7 Å². The van der Waals surface area contributed by atoms with Crippen LogP contribution in [-0.4, -0.2) is 77.2 Å². The van der Waals surface area contributed by atoms with Crippen molar-refractivity contribution in [2.75, 3.05) is 13.7 Å². The molecule has 3 atom stereocenters. The number of carbonyl (C=O) groups excluding carboxylic acids is 5. The summed E-state index contributed by atoms with van der Waals surface area (Å²) in [6.45, 7) is 5.06. The maximum atomic E-state index is 14.1. The van der Waals surface area contributed by atoms with Gasteiger partial charge >= 0.3 is 18.2 Å². The number of carbonyl (C=O) groups is 5. The summed E-state index contributed by atoms with van der Waals surface area (Å²) in [7, 11) is 1.23. The van der Waals surface area contributed by atoms with Crippen LogP contribution < -0.4 is 11.1 Å². The average molecular weight is 563 g/mol. The van der Waals surface area contributed by atoms with Gasteiger partial charge in [0.05, 0.1) is 20.2 Å². The zero-order valence-corrected chi connectivity index (χ0v) is 23.0. The summed E-state index contributed by atoms with van der Waals surface area (Å²) in [6.07, 6.45) is 0.495. The molecule has 0 spiro atoms. The standard InChI is InChI=1S/C27H35FN4O8/c1-27(2,3)40-25(36)30-20(10-5-6-11-22(33)38-4)24(35)32-14-17(12-21(32)23(29)34)39-26(37)31-13-16-8-7-9-19(28)18(16)15-31/h6-9,11,17,20-21H,5,10,12-15H2,1-4H3,(H2,29,34)(H,30,36)/b11-6+/t17?,20-,21?/m0/s1. The monoisotopic (exact) mass is 562 g/mol. The van der Waals surface area contributed by atoms with E-state index in [1.165, 1.54) is 35.1 Å². The Morgan fingerprint density at radius 1 is 1.20 bits per heavy atom. The van der Waals surface area contributed by atoms with E-state index >= 15 is 0 Å². The zero-order chi connectivity index (χ0) is 29.6. The smallest absolute Gasteiger partial charge is 0.410 e. The normalized spacial score (nSPS) is 19.2. The molecule has 12 nitrogen and oxygen atoms in total. The van der Waals surface area contributed by atoms with Gasteiger partial charge in [0.1, 0.15) is 29.6 Å². The van der Waals surface area contributed by atoms with Gasteiger partial charge in [-0.3, -0.25) is 14.5 Å². The number of hydrogen-bond acceptors (Lipinski definition) is 8. The van der Waals surface area contributed by atoms with Crippen molar-refractivity contribution < 1.29 is 42.6 Å². The molecule has 3 N–H and O–H groups in total. The van der Waals surface area contributed by atoms with E-state index in [2.05, 4.69) is 10.1 Å². The largest absolute Gasteiger partial charge is 0.466 e. The lowest BCUT2D eigenvalue weighted by Gasteiger charge is -2.28. The van der Waals surface area contributed by atoms with E-state index in [0.717, 1.165) is 0 Å². The van der Waals surface area contributed by atoms with E-state index in [0.29, 0.717) is 11.1 Å². The first-order chi connectivity index (χ1) is 18.8. The molecule has 1 fully saturated rings. The first kappa shape index (κ1) is 30.4. The lowest BCUT2D eigenvalue weighted by Crippen LogP contribution is -2.53. The van der Waals surface area contributed by atoms with Crippen molar-refractivity contribution in [2.45, 2.75) is 76.9 Å². The van der Waals surface area contributed by atoms with Gasteiger partial charge in [0, 0.05) is 24.6 Å². The van der Waals surface area contributed by atoms with Gasteiger partial charge in [0.25, 0.3) is 0 Å². The van der Waals surface area contributed by atoms with Gasteiger partial charge in [-0.25, -0.2) is 18.8 Å². The number of likely N-dealkylation sites (tertiary alicyclic amines) is 1. The summed E-state index contributed by atoms with van der Waals surface area (Å²) in [6, 6.07) is 2.38. The number of primary amides is 1. The van der Waals surface area contributed by atoms with Gasteiger partial charge < -0.3 is 30.2 Å².